The minimum atomic E-state index is -0.210. The first-order chi connectivity index (χ1) is 9.51. The third-order valence-electron chi connectivity index (χ3n) is 2.85. The number of halogens is 1. The first kappa shape index (κ1) is 14.6. The van der Waals surface area contributed by atoms with Gasteiger partial charge in [0.15, 0.2) is 0 Å². The highest BCUT2D eigenvalue weighted by Gasteiger charge is 2.14. The van der Waals surface area contributed by atoms with Gasteiger partial charge in [-0.25, -0.2) is 4.98 Å². The summed E-state index contributed by atoms with van der Waals surface area (Å²) >= 11 is 3.35. The molecule has 2 aromatic rings. The minimum absolute atomic E-state index is 0.210. The zero-order valence-electron chi connectivity index (χ0n) is 11.6. The second kappa shape index (κ2) is 6.09. The van der Waals surface area contributed by atoms with Gasteiger partial charge in [-0.1, -0.05) is 6.92 Å². The van der Waals surface area contributed by atoms with E-state index in [1.165, 1.54) is 0 Å². The van der Waals surface area contributed by atoms with Crippen LogP contribution in [0.3, 0.4) is 0 Å². The molecule has 0 fully saturated rings. The molecule has 1 N–H and O–H groups in total. The number of amides is 1. The van der Waals surface area contributed by atoms with E-state index in [9.17, 15) is 4.79 Å². The van der Waals surface area contributed by atoms with E-state index in [0.717, 1.165) is 10.0 Å². The molecule has 2 heterocycles. The van der Waals surface area contributed by atoms with Gasteiger partial charge in [0.1, 0.15) is 5.82 Å². The molecule has 0 spiro atoms. The fourth-order valence-corrected chi connectivity index (χ4v) is 2.26. The SMILES string of the molecule is CCc1nnc(C)cc1C(=O)Nc1ncc(Br)cc1C. The van der Waals surface area contributed by atoms with Crippen LogP contribution in [0.25, 0.3) is 0 Å². The molecule has 2 aromatic heterocycles. The van der Waals surface area contributed by atoms with E-state index in [-0.39, 0.29) is 5.91 Å². The first-order valence-corrected chi connectivity index (χ1v) is 7.07. The molecule has 0 aliphatic rings. The molecule has 0 radical (unpaired) electrons. The van der Waals surface area contributed by atoms with Gasteiger partial charge in [-0.2, -0.15) is 10.2 Å². The van der Waals surface area contributed by atoms with Crippen molar-refractivity contribution in [1.29, 1.82) is 0 Å². The molecule has 0 unspecified atom stereocenters. The maximum Gasteiger partial charge on any atom is 0.258 e. The Morgan fingerprint density at radius 3 is 2.70 bits per heavy atom. The molecule has 0 aliphatic heterocycles. The number of hydrogen-bond acceptors (Lipinski definition) is 4. The Morgan fingerprint density at radius 2 is 2.05 bits per heavy atom. The Kier molecular flexibility index (Phi) is 4.44. The molecule has 0 aliphatic carbocycles. The Bertz CT molecular complexity index is 658. The van der Waals surface area contributed by atoms with E-state index in [2.05, 4.69) is 36.4 Å². The summed E-state index contributed by atoms with van der Waals surface area (Å²) in [4.78, 5) is 16.6. The number of hydrogen-bond donors (Lipinski definition) is 1. The molecule has 6 heteroatoms. The van der Waals surface area contributed by atoms with Gasteiger partial charge in [-0.15, -0.1) is 0 Å². The van der Waals surface area contributed by atoms with Crippen LogP contribution in [-0.4, -0.2) is 21.1 Å². The lowest BCUT2D eigenvalue weighted by molar-refractivity contribution is 0.102. The predicted molar refractivity (Wildman–Crippen MR) is 80.8 cm³/mol. The Labute approximate surface area is 126 Å². The fraction of sp³-hybridized carbons (Fsp3) is 0.286. The molecular weight excluding hydrogens is 320 g/mol. The van der Waals surface area contributed by atoms with Crippen LogP contribution >= 0.6 is 15.9 Å². The average molecular weight is 335 g/mol. The highest BCUT2D eigenvalue weighted by molar-refractivity contribution is 9.10. The number of pyridine rings is 1. The van der Waals surface area contributed by atoms with Crippen molar-refractivity contribution in [2.75, 3.05) is 5.32 Å². The third-order valence-corrected chi connectivity index (χ3v) is 3.28. The van der Waals surface area contributed by atoms with Crippen LogP contribution in [0.15, 0.2) is 22.8 Å². The number of rotatable bonds is 3. The van der Waals surface area contributed by atoms with Gasteiger partial charge in [0.25, 0.3) is 5.91 Å². The topological polar surface area (TPSA) is 67.8 Å². The number of nitrogens with one attached hydrogen (secondary N) is 1. The lowest BCUT2D eigenvalue weighted by Gasteiger charge is -2.10. The van der Waals surface area contributed by atoms with Crippen molar-refractivity contribution >= 4 is 27.7 Å². The van der Waals surface area contributed by atoms with Gasteiger partial charge in [-0.05, 0) is 53.9 Å². The highest BCUT2D eigenvalue weighted by Crippen LogP contribution is 2.18. The van der Waals surface area contributed by atoms with Gasteiger partial charge < -0.3 is 5.32 Å². The van der Waals surface area contributed by atoms with Crippen molar-refractivity contribution in [1.82, 2.24) is 15.2 Å². The van der Waals surface area contributed by atoms with E-state index in [0.29, 0.717) is 29.2 Å². The zero-order valence-corrected chi connectivity index (χ0v) is 13.2. The maximum atomic E-state index is 12.4. The van der Waals surface area contributed by atoms with Gasteiger partial charge in [-0.3, -0.25) is 4.79 Å². The molecule has 2 rings (SSSR count). The summed E-state index contributed by atoms with van der Waals surface area (Å²) in [6.07, 6.45) is 2.31. The molecule has 0 aromatic carbocycles. The molecule has 0 saturated carbocycles. The van der Waals surface area contributed by atoms with Crippen LogP contribution in [0.4, 0.5) is 5.82 Å². The van der Waals surface area contributed by atoms with Crippen molar-refractivity contribution in [3.63, 3.8) is 0 Å². The van der Waals surface area contributed by atoms with Crippen LogP contribution in [0.2, 0.25) is 0 Å². The van der Waals surface area contributed by atoms with E-state index < -0.39 is 0 Å². The number of aromatic nitrogens is 3. The van der Waals surface area contributed by atoms with E-state index in [1.54, 1.807) is 12.3 Å². The lowest BCUT2D eigenvalue weighted by Crippen LogP contribution is -2.17. The first-order valence-electron chi connectivity index (χ1n) is 6.28. The number of anilines is 1. The predicted octanol–water partition coefficient (Wildman–Crippen LogP) is 3.07. The standard InChI is InChI=1S/C14H15BrN4O/c1-4-12-11(6-9(3)18-19-12)14(20)17-13-8(2)5-10(15)7-16-13/h5-7H,4H2,1-3H3,(H,16,17,20). The number of nitrogens with zero attached hydrogens (tertiary/aromatic N) is 3. The van der Waals surface area contributed by atoms with E-state index >= 15 is 0 Å². The molecule has 5 nitrogen and oxygen atoms in total. The Morgan fingerprint density at radius 1 is 1.30 bits per heavy atom. The molecule has 0 atom stereocenters. The van der Waals surface area contributed by atoms with Crippen molar-refractivity contribution < 1.29 is 4.79 Å². The van der Waals surface area contributed by atoms with Crippen LogP contribution in [0.5, 0.6) is 0 Å². The molecular formula is C14H15BrN4O. The summed E-state index contributed by atoms with van der Waals surface area (Å²) in [5.41, 5.74) is 2.84. The third kappa shape index (κ3) is 3.19. The molecule has 104 valence electrons. The number of carbonyl (C=O) groups is 1. The maximum absolute atomic E-state index is 12.4. The Balaban J connectivity index is 2.30. The second-order valence-electron chi connectivity index (χ2n) is 4.47. The van der Waals surface area contributed by atoms with Crippen LogP contribution in [-0.2, 0) is 6.42 Å². The van der Waals surface area contributed by atoms with Gasteiger partial charge in [0.05, 0.1) is 17.0 Å². The van der Waals surface area contributed by atoms with Gasteiger partial charge in [0, 0.05) is 10.7 Å². The van der Waals surface area contributed by atoms with Crippen LogP contribution < -0.4 is 5.32 Å². The van der Waals surface area contributed by atoms with Gasteiger partial charge in [0.2, 0.25) is 0 Å². The second-order valence-corrected chi connectivity index (χ2v) is 5.39. The van der Waals surface area contributed by atoms with Crippen molar-refractivity contribution in [2.24, 2.45) is 0 Å². The molecule has 20 heavy (non-hydrogen) atoms. The summed E-state index contributed by atoms with van der Waals surface area (Å²) in [5, 5.41) is 10.9. The van der Waals surface area contributed by atoms with Crippen molar-refractivity contribution in [3.05, 3.63) is 45.3 Å². The molecule has 1 amide bonds. The minimum Gasteiger partial charge on any atom is -0.306 e. The molecule has 0 bridgehead atoms. The lowest BCUT2D eigenvalue weighted by atomic mass is 10.1. The summed E-state index contributed by atoms with van der Waals surface area (Å²) in [5.74, 6) is 0.340. The normalized spacial score (nSPS) is 10.4. The largest absolute Gasteiger partial charge is 0.306 e. The average Bonchev–Trinajstić information content (AvgIpc) is 2.41. The smallest absolute Gasteiger partial charge is 0.258 e. The Hall–Kier alpha value is -1.82. The van der Waals surface area contributed by atoms with Crippen LogP contribution in [0.1, 0.15) is 34.2 Å². The summed E-state index contributed by atoms with van der Waals surface area (Å²) in [7, 11) is 0. The quantitative estimate of drug-likeness (QED) is 0.936. The number of carbonyl (C=O) groups excluding carboxylic acids is 1. The van der Waals surface area contributed by atoms with Crippen molar-refractivity contribution in [3.8, 4) is 0 Å². The van der Waals surface area contributed by atoms with Crippen LogP contribution in [0, 0.1) is 13.8 Å². The van der Waals surface area contributed by atoms with E-state index in [1.807, 2.05) is 26.8 Å². The summed E-state index contributed by atoms with van der Waals surface area (Å²) < 4.78 is 0.878. The monoisotopic (exact) mass is 334 g/mol. The van der Waals surface area contributed by atoms with E-state index in [4.69, 9.17) is 0 Å². The number of aryl methyl sites for hydroxylation is 3. The summed E-state index contributed by atoms with van der Waals surface area (Å²) in [6.45, 7) is 5.65. The summed E-state index contributed by atoms with van der Waals surface area (Å²) in [6, 6.07) is 3.65. The zero-order chi connectivity index (χ0) is 14.7. The highest BCUT2D eigenvalue weighted by atomic mass is 79.9. The molecule has 0 saturated heterocycles. The fourth-order valence-electron chi connectivity index (χ4n) is 1.82. The van der Waals surface area contributed by atoms with Crippen molar-refractivity contribution in [2.45, 2.75) is 27.2 Å². The van der Waals surface area contributed by atoms with Gasteiger partial charge >= 0.3 is 0 Å².